The maximum absolute atomic E-state index is 2.78. The molecule has 0 aliphatic heterocycles. The van der Waals surface area contributed by atoms with Gasteiger partial charge in [0.2, 0.25) is 0 Å². The number of hydrogen-bond acceptors (Lipinski definition) is 1. The molecule has 34 heavy (non-hydrogen) atoms. The third kappa shape index (κ3) is 12.2. The van der Waals surface area contributed by atoms with Gasteiger partial charge in [0.05, 0.1) is 6.04 Å². The topological polar surface area (TPSA) is 3.24 Å². The minimum Gasteiger partial charge on any atom is -0.292 e. The molecule has 0 atom stereocenters. The Morgan fingerprint density at radius 2 is 0.824 bits per heavy atom. The van der Waals surface area contributed by atoms with Crippen LogP contribution in [0.1, 0.15) is 122 Å². The lowest BCUT2D eigenvalue weighted by molar-refractivity contribution is 0.214. The maximum Gasteiger partial charge on any atom is 0.0601 e. The Hall–Kier alpha value is -1.60. The number of unbranched alkanes of at least 4 members (excludes halogenated alkanes) is 8. The summed E-state index contributed by atoms with van der Waals surface area (Å²) in [6, 6.07) is 22.7. The summed E-state index contributed by atoms with van der Waals surface area (Å²) in [6.45, 7) is 11.8. The quantitative estimate of drug-likeness (QED) is 0.187. The van der Waals surface area contributed by atoms with E-state index in [1.165, 1.54) is 101 Å². The van der Waals surface area contributed by atoms with Crippen molar-refractivity contribution in [1.82, 2.24) is 4.90 Å². The van der Waals surface area contributed by atoms with E-state index in [-0.39, 0.29) is 0 Å². The highest BCUT2D eigenvalue weighted by atomic mass is 15.2. The molecule has 0 N–H and O–H groups in total. The van der Waals surface area contributed by atoms with E-state index in [1.807, 2.05) is 0 Å². The highest BCUT2D eigenvalue weighted by molar-refractivity contribution is 5.31. The molecule has 190 valence electrons. The average molecular weight is 464 g/mol. The van der Waals surface area contributed by atoms with E-state index < -0.39 is 0 Å². The molecule has 0 bridgehead atoms. The van der Waals surface area contributed by atoms with Gasteiger partial charge in [0.1, 0.15) is 0 Å². The number of benzene rings is 2. The first kappa shape index (κ1) is 28.6. The van der Waals surface area contributed by atoms with Crippen LogP contribution in [-0.4, -0.2) is 18.0 Å². The van der Waals surface area contributed by atoms with E-state index in [2.05, 4.69) is 93.3 Å². The second-order valence-corrected chi connectivity index (χ2v) is 11.2. The first-order chi connectivity index (χ1) is 16.6. The highest BCUT2D eigenvalue weighted by Gasteiger charge is 2.21. The fourth-order valence-electron chi connectivity index (χ4n) is 5.05. The normalized spacial score (nSPS) is 11.9. The van der Waals surface area contributed by atoms with Crippen molar-refractivity contribution < 1.29 is 0 Å². The minimum absolute atomic E-state index is 0.365. The molecule has 0 spiro atoms. The van der Waals surface area contributed by atoms with Gasteiger partial charge in [-0.3, -0.25) is 4.90 Å². The summed E-state index contributed by atoms with van der Waals surface area (Å²) in [5, 5.41) is 0. The molecule has 0 aliphatic rings. The fourth-order valence-corrected chi connectivity index (χ4v) is 5.05. The molecule has 1 heteroatoms. The summed E-state index contributed by atoms with van der Waals surface area (Å²) < 4.78 is 0. The van der Waals surface area contributed by atoms with Gasteiger partial charge in [-0.2, -0.15) is 0 Å². The Balaban J connectivity index is 1.96. The zero-order valence-electron chi connectivity index (χ0n) is 22.9. The summed E-state index contributed by atoms with van der Waals surface area (Å²) in [4.78, 5) is 2.78. The smallest absolute Gasteiger partial charge is 0.0601 e. The molecule has 0 aliphatic carbocycles. The van der Waals surface area contributed by atoms with Crippen molar-refractivity contribution in [3.63, 3.8) is 0 Å². The van der Waals surface area contributed by atoms with Gasteiger partial charge in [-0.15, -0.1) is 0 Å². The van der Waals surface area contributed by atoms with E-state index in [0.717, 1.165) is 11.8 Å². The molecule has 0 heterocycles. The molecule has 2 rings (SSSR count). The van der Waals surface area contributed by atoms with Gasteiger partial charge in [-0.25, -0.2) is 0 Å². The maximum atomic E-state index is 2.78. The van der Waals surface area contributed by atoms with Crippen molar-refractivity contribution in [2.24, 2.45) is 11.8 Å². The monoisotopic (exact) mass is 463 g/mol. The van der Waals surface area contributed by atoms with E-state index in [9.17, 15) is 0 Å². The van der Waals surface area contributed by atoms with Crippen molar-refractivity contribution >= 4 is 0 Å². The van der Waals surface area contributed by atoms with Gasteiger partial charge in [0, 0.05) is 0 Å². The molecule has 0 saturated carbocycles. The van der Waals surface area contributed by atoms with Crippen molar-refractivity contribution in [3.05, 3.63) is 71.8 Å². The van der Waals surface area contributed by atoms with Crippen molar-refractivity contribution in [1.29, 1.82) is 0 Å². The van der Waals surface area contributed by atoms with Crippen LogP contribution in [0.15, 0.2) is 60.7 Å². The van der Waals surface area contributed by atoms with Crippen LogP contribution in [-0.2, 0) is 0 Å². The third-order valence-electron chi connectivity index (χ3n) is 7.05. The first-order valence-corrected chi connectivity index (χ1v) is 14.4. The molecule has 0 radical (unpaired) electrons. The van der Waals surface area contributed by atoms with Crippen LogP contribution < -0.4 is 0 Å². The van der Waals surface area contributed by atoms with E-state index in [0.29, 0.717) is 6.04 Å². The Labute approximate surface area is 212 Å². The van der Waals surface area contributed by atoms with Crippen molar-refractivity contribution in [2.45, 2.75) is 111 Å². The zero-order valence-corrected chi connectivity index (χ0v) is 22.9. The van der Waals surface area contributed by atoms with E-state index >= 15 is 0 Å². The van der Waals surface area contributed by atoms with Crippen LogP contribution in [0.25, 0.3) is 0 Å². The largest absolute Gasteiger partial charge is 0.292 e. The Morgan fingerprint density at radius 1 is 0.471 bits per heavy atom. The standard InChI is InChI=1S/C33H53N/c1-29(2)21-13-7-5-9-19-27-34(28-20-10-6-8-14-22-30(3)4)33(31-23-15-11-16-24-31)32-25-17-12-18-26-32/h11-12,15-18,23-26,29-30,33H,5-10,13-14,19-22,27-28H2,1-4H3. The molecule has 0 unspecified atom stereocenters. The summed E-state index contributed by atoms with van der Waals surface area (Å²) in [6.07, 6.45) is 16.5. The number of rotatable bonds is 19. The van der Waals surface area contributed by atoms with Gasteiger partial charge < -0.3 is 0 Å². The predicted molar refractivity (Wildman–Crippen MR) is 151 cm³/mol. The van der Waals surface area contributed by atoms with E-state index in [1.54, 1.807) is 0 Å². The van der Waals surface area contributed by atoms with Crippen molar-refractivity contribution in [2.75, 3.05) is 13.1 Å². The van der Waals surface area contributed by atoms with Crippen LogP contribution in [0.2, 0.25) is 0 Å². The highest BCUT2D eigenvalue weighted by Crippen LogP contribution is 2.29. The lowest BCUT2D eigenvalue weighted by Gasteiger charge is -2.33. The SMILES string of the molecule is CC(C)CCCCCCCN(CCCCCCCC(C)C)C(c1ccccc1)c1ccccc1. The van der Waals surface area contributed by atoms with E-state index in [4.69, 9.17) is 0 Å². The zero-order chi connectivity index (χ0) is 24.4. The van der Waals surface area contributed by atoms with Crippen LogP contribution >= 0.6 is 0 Å². The molecule has 2 aromatic carbocycles. The van der Waals surface area contributed by atoms with Crippen LogP contribution in [0.3, 0.4) is 0 Å². The third-order valence-corrected chi connectivity index (χ3v) is 7.05. The van der Waals surface area contributed by atoms with Gasteiger partial charge in [-0.05, 0) is 48.9 Å². The second kappa shape index (κ2) is 17.8. The molecule has 1 nitrogen and oxygen atoms in total. The van der Waals surface area contributed by atoms with Gasteiger partial charge in [0.15, 0.2) is 0 Å². The summed E-state index contributed by atoms with van der Waals surface area (Å²) in [5.74, 6) is 1.69. The molecule has 2 aromatic rings. The summed E-state index contributed by atoms with van der Waals surface area (Å²) in [7, 11) is 0. The van der Waals surface area contributed by atoms with Gasteiger partial charge in [-0.1, -0.05) is 153 Å². The van der Waals surface area contributed by atoms with Gasteiger partial charge >= 0.3 is 0 Å². The number of hydrogen-bond donors (Lipinski definition) is 0. The molecule has 0 saturated heterocycles. The second-order valence-electron chi connectivity index (χ2n) is 11.2. The molecule has 0 amide bonds. The minimum atomic E-state index is 0.365. The summed E-state index contributed by atoms with van der Waals surface area (Å²) >= 11 is 0. The lowest BCUT2D eigenvalue weighted by Crippen LogP contribution is -2.31. The fraction of sp³-hybridized carbons (Fsp3) is 0.636. The van der Waals surface area contributed by atoms with Crippen LogP contribution in [0, 0.1) is 11.8 Å². The first-order valence-electron chi connectivity index (χ1n) is 14.4. The Bertz CT molecular complexity index is 644. The summed E-state index contributed by atoms with van der Waals surface area (Å²) in [5.41, 5.74) is 2.87. The molecular formula is C33H53N. The van der Waals surface area contributed by atoms with Crippen LogP contribution in [0.4, 0.5) is 0 Å². The molecule has 0 fully saturated rings. The molecule has 0 aromatic heterocycles. The molecular weight excluding hydrogens is 410 g/mol. The van der Waals surface area contributed by atoms with Crippen LogP contribution in [0.5, 0.6) is 0 Å². The number of nitrogens with zero attached hydrogens (tertiary/aromatic N) is 1. The predicted octanol–water partition coefficient (Wildman–Crippen LogP) is 10.1. The Kier molecular flexibility index (Phi) is 15.0. The lowest BCUT2D eigenvalue weighted by atomic mass is 9.96. The Morgan fingerprint density at radius 3 is 1.21 bits per heavy atom. The van der Waals surface area contributed by atoms with Crippen molar-refractivity contribution in [3.8, 4) is 0 Å². The van der Waals surface area contributed by atoms with Gasteiger partial charge in [0.25, 0.3) is 0 Å². The average Bonchev–Trinajstić information content (AvgIpc) is 2.83.